The first kappa shape index (κ1) is 11.5. The van der Waals surface area contributed by atoms with E-state index in [-0.39, 0.29) is 6.61 Å². The molecule has 1 rings (SSSR count). The van der Waals surface area contributed by atoms with Crippen molar-refractivity contribution in [2.45, 2.75) is 0 Å². The maximum Gasteiger partial charge on any atom is 0.412 e. The Labute approximate surface area is 94.7 Å². The molecule has 0 saturated heterocycles. The number of carbonyl (C=O) groups is 1. The molecule has 0 aromatic heterocycles. The van der Waals surface area contributed by atoms with Gasteiger partial charge in [-0.25, -0.2) is 9.18 Å². The predicted molar refractivity (Wildman–Crippen MR) is 57.9 cm³/mol. The SMILES string of the molecule is C#CCOC(=O)Nc1ccc(F)cc1Br. The number of carbonyl (C=O) groups excluding carboxylic acids is 1. The fourth-order valence-corrected chi connectivity index (χ4v) is 1.29. The van der Waals surface area contributed by atoms with E-state index in [1.807, 2.05) is 0 Å². The lowest BCUT2D eigenvalue weighted by Crippen LogP contribution is -2.14. The Morgan fingerprint density at radius 2 is 2.40 bits per heavy atom. The molecule has 0 aliphatic heterocycles. The van der Waals surface area contributed by atoms with Crippen molar-refractivity contribution in [3.8, 4) is 12.3 Å². The fraction of sp³-hybridized carbons (Fsp3) is 0.100. The van der Waals surface area contributed by atoms with Gasteiger partial charge in [-0.15, -0.1) is 6.42 Å². The first-order chi connectivity index (χ1) is 7.13. The summed E-state index contributed by atoms with van der Waals surface area (Å²) in [7, 11) is 0. The zero-order valence-corrected chi connectivity index (χ0v) is 9.17. The minimum atomic E-state index is -0.680. The molecule has 0 saturated carbocycles. The molecular formula is C10H7BrFNO2. The molecule has 0 bridgehead atoms. The number of hydrogen-bond acceptors (Lipinski definition) is 2. The summed E-state index contributed by atoms with van der Waals surface area (Å²) in [6, 6.07) is 3.87. The third-order valence-electron chi connectivity index (χ3n) is 1.45. The summed E-state index contributed by atoms with van der Waals surface area (Å²) >= 11 is 3.09. The lowest BCUT2D eigenvalue weighted by atomic mass is 10.3. The lowest BCUT2D eigenvalue weighted by molar-refractivity contribution is 0.176. The average molecular weight is 272 g/mol. The number of nitrogens with one attached hydrogen (secondary N) is 1. The first-order valence-electron chi connectivity index (χ1n) is 3.96. The third-order valence-corrected chi connectivity index (χ3v) is 2.11. The number of rotatable bonds is 2. The monoisotopic (exact) mass is 271 g/mol. The maximum atomic E-state index is 12.7. The van der Waals surface area contributed by atoms with E-state index in [9.17, 15) is 9.18 Å². The van der Waals surface area contributed by atoms with Crippen LogP contribution in [-0.2, 0) is 4.74 Å². The van der Waals surface area contributed by atoms with Gasteiger partial charge in [0, 0.05) is 4.47 Å². The van der Waals surface area contributed by atoms with Crippen LogP contribution in [0.5, 0.6) is 0 Å². The van der Waals surface area contributed by atoms with Crippen LogP contribution in [0.1, 0.15) is 0 Å². The molecule has 1 amide bonds. The second kappa shape index (κ2) is 5.37. The van der Waals surface area contributed by atoms with Crippen LogP contribution in [-0.4, -0.2) is 12.7 Å². The number of benzene rings is 1. The van der Waals surface area contributed by atoms with Crippen LogP contribution < -0.4 is 5.32 Å². The van der Waals surface area contributed by atoms with Crippen molar-refractivity contribution in [2.24, 2.45) is 0 Å². The van der Waals surface area contributed by atoms with Crippen molar-refractivity contribution in [2.75, 3.05) is 11.9 Å². The van der Waals surface area contributed by atoms with E-state index >= 15 is 0 Å². The lowest BCUT2D eigenvalue weighted by Gasteiger charge is -2.06. The summed E-state index contributed by atoms with van der Waals surface area (Å²) in [5, 5.41) is 2.40. The number of amides is 1. The van der Waals surface area contributed by atoms with Crippen molar-refractivity contribution in [1.82, 2.24) is 0 Å². The summed E-state index contributed by atoms with van der Waals surface area (Å²) in [6.07, 6.45) is 4.23. The van der Waals surface area contributed by atoms with Crippen molar-refractivity contribution in [3.05, 3.63) is 28.5 Å². The van der Waals surface area contributed by atoms with Crippen molar-refractivity contribution in [3.63, 3.8) is 0 Å². The maximum absolute atomic E-state index is 12.7. The van der Waals surface area contributed by atoms with E-state index in [2.05, 4.69) is 31.9 Å². The molecule has 0 radical (unpaired) electrons. The zero-order valence-electron chi connectivity index (χ0n) is 7.59. The molecular weight excluding hydrogens is 265 g/mol. The molecule has 1 aromatic carbocycles. The number of halogens is 2. The molecule has 0 atom stereocenters. The van der Waals surface area contributed by atoms with Crippen molar-refractivity contribution in [1.29, 1.82) is 0 Å². The fourth-order valence-electron chi connectivity index (χ4n) is 0.844. The smallest absolute Gasteiger partial charge is 0.412 e. The number of hydrogen-bond donors (Lipinski definition) is 1. The Morgan fingerprint density at radius 3 is 3.00 bits per heavy atom. The van der Waals surface area contributed by atoms with E-state index in [1.54, 1.807) is 0 Å². The first-order valence-corrected chi connectivity index (χ1v) is 4.75. The minimum absolute atomic E-state index is 0.107. The van der Waals surface area contributed by atoms with Crippen LogP contribution in [0, 0.1) is 18.2 Å². The Kier molecular flexibility index (Phi) is 4.13. The highest BCUT2D eigenvalue weighted by Crippen LogP contribution is 2.22. The Hall–Kier alpha value is -1.54. The van der Waals surface area contributed by atoms with Gasteiger partial charge in [0.15, 0.2) is 6.61 Å². The van der Waals surface area contributed by atoms with Crippen LogP contribution in [0.4, 0.5) is 14.9 Å². The summed E-state index contributed by atoms with van der Waals surface area (Å²) in [5.41, 5.74) is 0.415. The molecule has 78 valence electrons. The molecule has 1 N–H and O–H groups in total. The molecule has 0 heterocycles. The molecule has 0 spiro atoms. The highest BCUT2D eigenvalue weighted by atomic mass is 79.9. The highest BCUT2D eigenvalue weighted by molar-refractivity contribution is 9.10. The molecule has 5 heteroatoms. The largest absolute Gasteiger partial charge is 0.436 e. The molecule has 0 aliphatic carbocycles. The summed E-state index contributed by atoms with van der Waals surface area (Å²) < 4.78 is 17.7. The molecule has 15 heavy (non-hydrogen) atoms. The number of terminal acetylenes is 1. The second-order valence-electron chi connectivity index (χ2n) is 2.53. The summed E-state index contributed by atoms with van der Waals surface area (Å²) in [6.45, 7) is -0.107. The average Bonchev–Trinajstić information content (AvgIpc) is 2.19. The number of ether oxygens (including phenoxy) is 1. The van der Waals surface area contributed by atoms with Gasteiger partial charge in [0.1, 0.15) is 5.82 Å². The van der Waals surface area contributed by atoms with Crippen molar-refractivity contribution >= 4 is 27.7 Å². The van der Waals surface area contributed by atoms with E-state index in [4.69, 9.17) is 6.42 Å². The Bertz CT molecular complexity index is 414. The number of anilines is 1. The topological polar surface area (TPSA) is 38.3 Å². The van der Waals surface area contributed by atoms with Gasteiger partial charge in [-0.05, 0) is 34.1 Å². The van der Waals surface area contributed by atoms with Crippen LogP contribution >= 0.6 is 15.9 Å². The van der Waals surface area contributed by atoms with Gasteiger partial charge in [-0.2, -0.15) is 0 Å². The quantitative estimate of drug-likeness (QED) is 0.841. The summed E-state index contributed by atoms with van der Waals surface area (Å²) in [4.78, 5) is 11.1. The van der Waals surface area contributed by atoms with Gasteiger partial charge in [0.2, 0.25) is 0 Å². The van der Waals surface area contributed by atoms with Gasteiger partial charge in [0.25, 0.3) is 0 Å². The molecule has 1 aromatic rings. The zero-order chi connectivity index (χ0) is 11.3. The van der Waals surface area contributed by atoms with Gasteiger partial charge in [-0.3, -0.25) is 5.32 Å². The van der Waals surface area contributed by atoms with E-state index in [0.717, 1.165) is 0 Å². The van der Waals surface area contributed by atoms with Crippen LogP contribution in [0.3, 0.4) is 0 Å². The minimum Gasteiger partial charge on any atom is -0.436 e. The van der Waals surface area contributed by atoms with Crippen LogP contribution in [0.2, 0.25) is 0 Å². The molecule has 0 unspecified atom stereocenters. The predicted octanol–water partition coefficient (Wildman–Crippen LogP) is 2.77. The van der Waals surface area contributed by atoms with Crippen LogP contribution in [0.15, 0.2) is 22.7 Å². The van der Waals surface area contributed by atoms with Gasteiger partial charge < -0.3 is 4.74 Å². The molecule has 0 aliphatic rings. The van der Waals surface area contributed by atoms with Gasteiger partial charge in [-0.1, -0.05) is 5.92 Å². The highest BCUT2D eigenvalue weighted by Gasteiger charge is 2.06. The van der Waals surface area contributed by atoms with Gasteiger partial charge in [0.05, 0.1) is 5.69 Å². The second-order valence-corrected chi connectivity index (χ2v) is 3.38. The Morgan fingerprint density at radius 1 is 1.67 bits per heavy atom. The molecule has 3 nitrogen and oxygen atoms in total. The van der Waals surface area contributed by atoms with E-state index in [1.165, 1.54) is 18.2 Å². The normalized spacial score (nSPS) is 9.13. The molecule has 0 fully saturated rings. The summed E-state index contributed by atoms with van der Waals surface area (Å²) in [5.74, 6) is 1.75. The third kappa shape index (κ3) is 3.60. The standard InChI is InChI=1S/C10H7BrFNO2/c1-2-5-15-10(14)13-9-4-3-7(12)6-8(9)11/h1,3-4,6H,5H2,(H,13,14). The van der Waals surface area contributed by atoms with Gasteiger partial charge >= 0.3 is 6.09 Å². The van der Waals surface area contributed by atoms with E-state index in [0.29, 0.717) is 10.2 Å². The van der Waals surface area contributed by atoms with E-state index < -0.39 is 11.9 Å². The van der Waals surface area contributed by atoms with Crippen LogP contribution in [0.25, 0.3) is 0 Å². The van der Waals surface area contributed by atoms with Crippen molar-refractivity contribution < 1.29 is 13.9 Å². The Balaban J connectivity index is 2.65.